The van der Waals surface area contributed by atoms with E-state index in [0.29, 0.717) is 21.5 Å². The van der Waals surface area contributed by atoms with Crippen LogP contribution in [0.5, 0.6) is 0 Å². The first-order chi connectivity index (χ1) is 15.6. The highest BCUT2D eigenvalue weighted by atomic mass is 35.5. The molecule has 1 amide bonds. The summed E-state index contributed by atoms with van der Waals surface area (Å²) in [5.41, 5.74) is 3.15. The normalized spacial score (nSPS) is 15.9. The first kappa shape index (κ1) is 20.3. The molecule has 8 heteroatoms. The van der Waals surface area contributed by atoms with E-state index in [1.165, 1.54) is 11.1 Å². The van der Waals surface area contributed by atoms with E-state index in [2.05, 4.69) is 15.1 Å². The van der Waals surface area contributed by atoms with Crippen molar-refractivity contribution in [2.24, 2.45) is 5.10 Å². The van der Waals surface area contributed by atoms with Gasteiger partial charge in [-0.2, -0.15) is 5.01 Å². The van der Waals surface area contributed by atoms with Gasteiger partial charge in [-0.1, -0.05) is 47.5 Å². The summed E-state index contributed by atoms with van der Waals surface area (Å²) in [4.78, 5) is 20.4. The molecule has 1 atom stereocenters. The highest BCUT2D eigenvalue weighted by molar-refractivity contribution is 6.35. The Hall–Kier alpha value is -3.61. The Morgan fingerprint density at radius 2 is 1.91 bits per heavy atom. The maximum Gasteiger partial charge on any atom is 0.270 e. The molecule has 4 aromatic rings. The largest absolute Gasteiger partial charge is 0.446 e. The average molecular weight is 463 g/mol. The average Bonchev–Trinajstić information content (AvgIpc) is 3.43. The van der Waals surface area contributed by atoms with Gasteiger partial charge in [0.15, 0.2) is 0 Å². The number of carbonyl (C=O) groups excluding carboxylic acids is 1. The lowest BCUT2D eigenvalue weighted by molar-refractivity contribution is -0.132. The summed E-state index contributed by atoms with van der Waals surface area (Å²) in [6.07, 6.45) is 7.45. The van der Waals surface area contributed by atoms with Crippen molar-refractivity contribution in [1.82, 2.24) is 15.0 Å². The van der Waals surface area contributed by atoms with E-state index < -0.39 is 6.23 Å². The first-order valence-electron chi connectivity index (χ1n) is 9.78. The van der Waals surface area contributed by atoms with Crippen LogP contribution >= 0.6 is 23.2 Å². The summed E-state index contributed by atoms with van der Waals surface area (Å²) in [6, 6.07) is 16.5. The van der Waals surface area contributed by atoms with E-state index in [-0.39, 0.29) is 5.91 Å². The van der Waals surface area contributed by atoms with Crippen LogP contribution in [0, 0.1) is 0 Å². The van der Waals surface area contributed by atoms with Gasteiger partial charge in [0.1, 0.15) is 0 Å². The Morgan fingerprint density at radius 3 is 2.72 bits per heavy atom. The predicted molar refractivity (Wildman–Crippen MR) is 125 cm³/mol. The maximum absolute atomic E-state index is 13.2. The molecular formula is C24H16Cl2N4O2. The molecule has 0 radical (unpaired) electrons. The van der Waals surface area contributed by atoms with Gasteiger partial charge >= 0.3 is 0 Å². The minimum Gasteiger partial charge on any atom is -0.446 e. The molecule has 0 fully saturated rings. The van der Waals surface area contributed by atoms with Gasteiger partial charge in [-0.05, 0) is 42.0 Å². The highest BCUT2D eigenvalue weighted by Gasteiger charge is 2.35. The number of nitrogens with zero attached hydrogens (tertiary/aromatic N) is 3. The zero-order valence-electron chi connectivity index (χ0n) is 16.6. The van der Waals surface area contributed by atoms with Crippen LogP contribution in [0.15, 0.2) is 84.4 Å². The van der Waals surface area contributed by atoms with Crippen molar-refractivity contribution in [3.63, 3.8) is 0 Å². The van der Waals surface area contributed by atoms with Crippen LogP contribution in [-0.2, 0) is 9.53 Å². The van der Waals surface area contributed by atoms with E-state index in [4.69, 9.17) is 27.9 Å². The summed E-state index contributed by atoms with van der Waals surface area (Å²) in [5.74, 6) is -0.00990. The predicted octanol–water partition coefficient (Wildman–Crippen LogP) is 5.80. The molecule has 1 aliphatic rings. The minimum absolute atomic E-state index is 0.342. The van der Waals surface area contributed by atoms with Gasteiger partial charge in [-0.3, -0.25) is 9.78 Å². The Kier molecular flexibility index (Phi) is 5.39. The topological polar surface area (TPSA) is 70.6 Å². The van der Waals surface area contributed by atoms with Crippen LogP contribution in [0.3, 0.4) is 0 Å². The number of aromatic nitrogens is 2. The third-order valence-corrected chi connectivity index (χ3v) is 5.61. The fourth-order valence-corrected chi connectivity index (χ4v) is 3.95. The Labute approximate surface area is 193 Å². The Bertz CT molecular complexity index is 1360. The zero-order chi connectivity index (χ0) is 22.1. The van der Waals surface area contributed by atoms with Gasteiger partial charge in [-0.15, -0.1) is 5.10 Å². The van der Waals surface area contributed by atoms with E-state index in [0.717, 1.165) is 22.0 Å². The number of H-pyrrole nitrogens is 1. The fourth-order valence-electron chi connectivity index (χ4n) is 3.48. The van der Waals surface area contributed by atoms with Crippen molar-refractivity contribution in [2.45, 2.75) is 6.23 Å². The van der Waals surface area contributed by atoms with Crippen molar-refractivity contribution in [3.8, 4) is 0 Å². The maximum atomic E-state index is 13.2. The Balaban J connectivity index is 1.51. The number of nitrogens with one attached hydrogen (secondary N) is 1. The standard InChI is InChI=1S/C24H16Cl2N4O2/c25-17-7-5-15(20(26)13-17)6-8-22(31)30-24(19-14-28-21-4-2-1-3-18(19)21)32-23(29-30)16-9-11-27-12-10-16/h1-14,24,28H/b8-6-. The third-order valence-electron chi connectivity index (χ3n) is 5.05. The molecule has 2 aromatic carbocycles. The summed E-state index contributed by atoms with van der Waals surface area (Å²) < 4.78 is 6.16. The number of para-hydroxylation sites is 1. The lowest BCUT2D eigenvalue weighted by Gasteiger charge is -2.19. The van der Waals surface area contributed by atoms with E-state index >= 15 is 0 Å². The molecule has 0 saturated carbocycles. The van der Waals surface area contributed by atoms with Crippen LogP contribution in [0.2, 0.25) is 10.0 Å². The number of pyridine rings is 1. The smallest absolute Gasteiger partial charge is 0.270 e. The van der Waals surface area contributed by atoms with E-state index in [9.17, 15) is 4.79 Å². The molecule has 6 nitrogen and oxygen atoms in total. The van der Waals surface area contributed by atoms with Crippen LogP contribution in [0.25, 0.3) is 17.0 Å². The lowest BCUT2D eigenvalue weighted by atomic mass is 10.1. The molecular weight excluding hydrogens is 447 g/mol. The van der Waals surface area contributed by atoms with Crippen LogP contribution in [0.1, 0.15) is 22.9 Å². The highest BCUT2D eigenvalue weighted by Crippen LogP contribution is 2.34. The quantitative estimate of drug-likeness (QED) is 0.389. The van der Waals surface area contributed by atoms with Crippen LogP contribution in [-0.4, -0.2) is 26.8 Å². The van der Waals surface area contributed by atoms with Gasteiger partial charge in [0.25, 0.3) is 5.91 Å². The lowest BCUT2D eigenvalue weighted by Crippen LogP contribution is -2.26. The van der Waals surface area contributed by atoms with E-state index in [1.54, 1.807) is 48.8 Å². The molecule has 158 valence electrons. The molecule has 0 saturated heterocycles. The van der Waals surface area contributed by atoms with Gasteiger partial charge in [-0.25, -0.2) is 0 Å². The van der Waals surface area contributed by atoms with Crippen molar-refractivity contribution < 1.29 is 9.53 Å². The van der Waals surface area contributed by atoms with Crippen LogP contribution < -0.4 is 0 Å². The summed E-state index contributed by atoms with van der Waals surface area (Å²) in [6.45, 7) is 0. The second-order valence-electron chi connectivity index (χ2n) is 7.08. The minimum atomic E-state index is -0.729. The van der Waals surface area contributed by atoms with Gasteiger partial charge in [0, 0.05) is 56.7 Å². The number of hydrogen-bond donors (Lipinski definition) is 1. The number of fused-ring (bicyclic) bond motifs is 1. The molecule has 0 bridgehead atoms. The molecule has 1 unspecified atom stereocenters. The molecule has 0 aliphatic carbocycles. The SMILES string of the molecule is O=C(/C=C\c1ccc(Cl)cc1Cl)N1N=C(c2ccncc2)OC1c1c[nH]c2ccccc12. The molecule has 5 rings (SSSR count). The number of ether oxygens (including phenoxy) is 1. The fraction of sp³-hybridized carbons (Fsp3) is 0.0417. The molecule has 1 N–H and O–H groups in total. The number of aromatic amines is 1. The van der Waals surface area contributed by atoms with Crippen molar-refractivity contribution >= 4 is 52.0 Å². The van der Waals surface area contributed by atoms with Gasteiger partial charge in [0.05, 0.1) is 0 Å². The van der Waals surface area contributed by atoms with Crippen molar-refractivity contribution in [2.75, 3.05) is 0 Å². The molecule has 2 aromatic heterocycles. The number of hydrazone groups is 1. The molecule has 3 heterocycles. The van der Waals surface area contributed by atoms with E-state index in [1.807, 2.05) is 30.5 Å². The van der Waals surface area contributed by atoms with Gasteiger partial charge < -0.3 is 9.72 Å². The summed E-state index contributed by atoms with van der Waals surface area (Å²) in [5, 5.41) is 7.74. The summed E-state index contributed by atoms with van der Waals surface area (Å²) >= 11 is 12.2. The van der Waals surface area contributed by atoms with Crippen LogP contribution in [0.4, 0.5) is 0 Å². The second-order valence-corrected chi connectivity index (χ2v) is 7.93. The number of carbonyl (C=O) groups is 1. The third kappa shape index (κ3) is 3.86. The number of hydrogen-bond acceptors (Lipinski definition) is 4. The van der Waals surface area contributed by atoms with Crippen molar-refractivity contribution in [3.05, 3.63) is 106 Å². The van der Waals surface area contributed by atoms with Gasteiger partial charge in [0.2, 0.25) is 12.1 Å². The first-order valence-corrected chi connectivity index (χ1v) is 10.5. The summed E-state index contributed by atoms with van der Waals surface area (Å²) in [7, 11) is 0. The molecule has 32 heavy (non-hydrogen) atoms. The Morgan fingerprint density at radius 1 is 1.09 bits per heavy atom. The zero-order valence-corrected chi connectivity index (χ0v) is 18.1. The number of halogens is 2. The number of rotatable bonds is 4. The monoisotopic (exact) mass is 462 g/mol. The second kappa shape index (κ2) is 8.49. The number of benzene rings is 2. The molecule has 0 spiro atoms. The van der Waals surface area contributed by atoms with Crippen molar-refractivity contribution in [1.29, 1.82) is 0 Å². The molecule has 1 aliphatic heterocycles. The number of amides is 1.